The average molecular weight is 306 g/mol. The molecule has 0 aliphatic rings. The lowest BCUT2D eigenvalue weighted by Crippen LogP contribution is -2.11. The Labute approximate surface area is 115 Å². The molecular formula is C14H12BrNS. The molecule has 0 unspecified atom stereocenters. The fourth-order valence-electron chi connectivity index (χ4n) is 1.52. The molecule has 0 amide bonds. The van der Waals surface area contributed by atoms with Gasteiger partial charge in [-0.2, -0.15) is 0 Å². The van der Waals surface area contributed by atoms with E-state index in [1.165, 1.54) is 5.56 Å². The van der Waals surface area contributed by atoms with Gasteiger partial charge in [0, 0.05) is 16.6 Å². The Bertz CT molecular complexity index is 493. The van der Waals surface area contributed by atoms with Crippen LogP contribution in [0.5, 0.6) is 0 Å². The summed E-state index contributed by atoms with van der Waals surface area (Å²) in [5.41, 5.74) is 2.25. The summed E-state index contributed by atoms with van der Waals surface area (Å²) in [6.07, 6.45) is 0.770. The molecule has 0 aliphatic heterocycles. The van der Waals surface area contributed by atoms with Crippen LogP contribution in [0.15, 0.2) is 59.1 Å². The Kier molecular flexibility index (Phi) is 4.29. The van der Waals surface area contributed by atoms with Crippen LogP contribution in [-0.2, 0) is 6.42 Å². The third kappa shape index (κ3) is 3.95. The van der Waals surface area contributed by atoms with E-state index in [0.717, 1.165) is 21.6 Å². The van der Waals surface area contributed by atoms with Crippen LogP contribution in [0, 0.1) is 0 Å². The number of anilines is 1. The normalized spacial score (nSPS) is 9.94. The zero-order valence-electron chi connectivity index (χ0n) is 9.19. The van der Waals surface area contributed by atoms with E-state index < -0.39 is 0 Å². The maximum atomic E-state index is 5.33. The van der Waals surface area contributed by atoms with Crippen molar-refractivity contribution in [1.29, 1.82) is 0 Å². The zero-order chi connectivity index (χ0) is 12.1. The molecule has 0 spiro atoms. The smallest absolute Gasteiger partial charge is 0.0841 e. The molecule has 86 valence electrons. The van der Waals surface area contributed by atoms with Gasteiger partial charge in [0.2, 0.25) is 0 Å². The fourth-order valence-corrected chi connectivity index (χ4v) is 2.07. The van der Waals surface area contributed by atoms with E-state index in [1.54, 1.807) is 0 Å². The van der Waals surface area contributed by atoms with E-state index >= 15 is 0 Å². The van der Waals surface area contributed by atoms with Crippen molar-refractivity contribution in [2.24, 2.45) is 0 Å². The monoisotopic (exact) mass is 305 g/mol. The molecule has 0 radical (unpaired) electrons. The Hall–Kier alpha value is -1.19. The van der Waals surface area contributed by atoms with E-state index in [2.05, 4.69) is 33.4 Å². The number of rotatable bonds is 3. The van der Waals surface area contributed by atoms with Crippen LogP contribution in [0.25, 0.3) is 0 Å². The molecule has 0 bridgehead atoms. The summed E-state index contributed by atoms with van der Waals surface area (Å²) in [5, 5.41) is 3.23. The summed E-state index contributed by atoms with van der Waals surface area (Å²) >= 11 is 8.73. The highest BCUT2D eigenvalue weighted by molar-refractivity contribution is 9.10. The van der Waals surface area contributed by atoms with Crippen LogP contribution in [0.3, 0.4) is 0 Å². The molecule has 2 aromatic rings. The predicted octanol–water partition coefficient (Wildman–Crippen LogP) is 4.43. The third-order valence-corrected chi connectivity index (χ3v) is 3.11. The number of hydrogen-bond donors (Lipinski definition) is 1. The lowest BCUT2D eigenvalue weighted by Gasteiger charge is -2.08. The van der Waals surface area contributed by atoms with Crippen LogP contribution in [0.1, 0.15) is 5.56 Å². The molecule has 0 saturated heterocycles. The second kappa shape index (κ2) is 5.94. The molecule has 0 atom stereocenters. The number of halogens is 1. The lowest BCUT2D eigenvalue weighted by atomic mass is 10.1. The van der Waals surface area contributed by atoms with E-state index in [9.17, 15) is 0 Å². The molecule has 0 heterocycles. The zero-order valence-corrected chi connectivity index (χ0v) is 11.6. The summed E-state index contributed by atoms with van der Waals surface area (Å²) in [6, 6.07) is 18.2. The minimum atomic E-state index is 0.770. The summed E-state index contributed by atoms with van der Waals surface area (Å²) in [7, 11) is 0. The second-order valence-corrected chi connectivity index (χ2v) is 5.13. The van der Waals surface area contributed by atoms with Crippen LogP contribution in [0.4, 0.5) is 5.69 Å². The van der Waals surface area contributed by atoms with Crippen LogP contribution in [0.2, 0.25) is 0 Å². The van der Waals surface area contributed by atoms with Gasteiger partial charge >= 0.3 is 0 Å². The molecule has 0 saturated carbocycles. The maximum absolute atomic E-state index is 5.33. The van der Waals surface area contributed by atoms with E-state index in [4.69, 9.17) is 12.2 Å². The van der Waals surface area contributed by atoms with Crippen LogP contribution in [-0.4, -0.2) is 4.99 Å². The lowest BCUT2D eigenvalue weighted by molar-refractivity contribution is 1.34. The quantitative estimate of drug-likeness (QED) is 0.842. The minimum absolute atomic E-state index is 0.770. The molecule has 1 N–H and O–H groups in total. The summed E-state index contributed by atoms with van der Waals surface area (Å²) in [4.78, 5) is 0.832. The first-order valence-corrected chi connectivity index (χ1v) is 6.53. The molecule has 3 heteroatoms. The first kappa shape index (κ1) is 12.3. The number of thiocarbonyl (C=S) groups is 1. The highest BCUT2D eigenvalue weighted by Gasteiger charge is 1.99. The second-order valence-electron chi connectivity index (χ2n) is 3.72. The number of benzene rings is 2. The summed E-state index contributed by atoms with van der Waals surface area (Å²) in [5.74, 6) is 0. The SMILES string of the molecule is S=C(Cc1ccccc1)Nc1ccc(Br)cc1. The fraction of sp³-hybridized carbons (Fsp3) is 0.0714. The van der Waals surface area contributed by atoms with Crippen LogP contribution >= 0.6 is 28.1 Å². The first-order chi connectivity index (χ1) is 8.24. The molecular weight excluding hydrogens is 294 g/mol. The van der Waals surface area contributed by atoms with Crippen molar-refractivity contribution in [3.63, 3.8) is 0 Å². The summed E-state index contributed by atoms with van der Waals surface area (Å²) in [6.45, 7) is 0. The Balaban J connectivity index is 1.96. The first-order valence-electron chi connectivity index (χ1n) is 5.33. The largest absolute Gasteiger partial charge is 0.350 e. The summed E-state index contributed by atoms with van der Waals surface area (Å²) < 4.78 is 1.07. The number of nitrogens with one attached hydrogen (secondary N) is 1. The van der Waals surface area contributed by atoms with Crippen molar-refractivity contribution in [1.82, 2.24) is 0 Å². The van der Waals surface area contributed by atoms with E-state index in [1.807, 2.05) is 42.5 Å². The third-order valence-electron chi connectivity index (χ3n) is 2.34. The molecule has 0 fully saturated rings. The van der Waals surface area contributed by atoms with Gasteiger partial charge in [0.1, 0.15) is 0 Å². The van der Waals surface area contributed by atoms with Gasteiger partial charge in [-0.05, 0) is 29.8 Å². The van der Waals surface area contributed by atoms with E-state index in [0.29, 0.717) is 0 Å². The molecule has 2 aromatic carbocycles. The average Bonchev–Trinajstić information content (AvgIpc) is 2.33. The molecule has 2 rings (SSSR count). The van der Waals surface area contributed by atoms with Gasteiger partial charge < -0.3 is 5.32 Å². The van der Waals surface area contributed by atoms with Crippen molar-refractivity contribution in [2.75, 3.05) is 5.32 Å². The molecule has 0 aromatic heterocycles. The van der Waals surface area contributed by atoms with Crippen molar-refractivity contribution >= 4 is 38.8 Å². The predicted molar refractivity (Wildman–Crippen MR) is 80.5 cm³/mol. The Morgan fingerprint density at radius 1 is 1.00 bits per heavy atom. The minimum Gasteiger partial charge on any atom is -0.350 e. The van der Waals surface area contributed by atoms with Gasteiger partial charge in [-0.3, -0.25) is 0 Å². The van der Waals surface area contributed by atoms with Gasteiger partial charge in [-0.25, -0.2) is 0 Å². The highest BCUT2D eigenvalue weighted by atomic mass is 79.9. The van der Waals surface area contributed by atoms with E-state index in [-0.39, 0.29) is 0 Å². The number of hydrogen-bond acceptors (Lipinski definition) is 1. The van der Waals surface area contributed by atoms with Crippen LogP contribution < -0.4 is 5.32 Å². The van der Waals surface area contributed by atoms with Gasteiger partial charge in [0.05, 0.1) is 4.99 Å². The Morgan fingerprint density at radius 2 is 1.65 bits per heavy atom. The highest BCUT2D eigenvalue weighted by Crippen LogP contribution is 2.14. The Morgan fingerprint density at radius 3 is 2.29 bits per heavy atom. The standard InChI is InChI=1S/C14H12BrNS/c15-12-6-8-13(9-7-12)16-14(17)10-11-4-2-1-3-5-11/h1-9H,10H2,(H,16,17). The molecule has 1 nitrogen and oxygen atoms in total. The van der Waals surface area contributed by atoms with Crippen molar-refractivity contribution in [2.45, 2.75) is 6.42 Å². The van der Waals surface area contributed by atoms with Crippen molar-refractivity contribution in [3.05, 3.63) is 64.6 Å². The van der Waals surface area contributed by atoms with Crippen molar-refractivity contribution in [3.8, 4) is 0 Å². The van der Waals surface area contributed by atoms with Crippen molar-refractivity contribution < 1.29 is 0 Å². The topological polar surface area (TPSA) is 12.0 Å². The maximum Gasteiger partial charge on any atom is 0.0841 e. The van der Waals surface area contributed by atoms with Gasteiger partial charge in [-0.1, -0.05) is 58.5 Å². The van der Waals surface area contributed by atoms with Gasteiger partial charge in [0.25, 0.3) is 0 Å². The van der Waals surface area contributed by atoms with Gasteiger partial charge in [0.15, 0.2) is 0 Å². The van der Waals surface area contributed by atoms with Gasteiger partial charge in [-0.15, -0.1) is 0 Å². The molecule has 0 aliphatic carbocycles. The molecule has 17 heavy (non-hydrogen) atoms.